The Morgan fingerprint density at radius 3 is 2.14 bits per heavy atom. The van der Waals surface area contributed by atoms with Gasteiger partial charge in [-0.05, 0) is 48.7 Å². The van der Waals surface area contributed by atoms with Crippen LogP contribution >= 0.6 is 0 Å². The fourth-order valence-electron chi connectivity index (χ4n) is 3.27. The molecule has 0 unspecified atom stereocenters. The van der Waals surface area contributed by atoms with Gasteiger partial charge in [-0.25, -0.2) is 0 Å². The number of rotatable bonds is 5. The second kappa shape index (κ2) is 8.26. The van der Waals surface area contributed by atoms with Crippen molar-refractivity contribution < 1.29 is 17.6 Å². The Bertz CT molecular complexity index is 846. The molecular weight excluding hydrogens is 366 g/mol. The fourth-order valence-corrected chi connectivity index (χ4v) is 3.27. The van der Waals surface area contributed by atoms with Gasteiger partial charge < -0.3 is 4.90 Å². The highest BCUT2D eigenvalue weighted by atomic mass is 19.3. The number of anilines is 1. The van der Waals surface area contributed by atoms with E-state index in [1.54, 1.807) is 24.3 Å². The molecule has 0 aromatic heterocycles. The maximum Gasteiger partial charge on any atom is 0.329 e. The molecule has 1 saturated heterocycles. The zero-order valence-corrected chi connectivity index (χ0v) is 15.8. The molecule has 1 nitrogen and oxygen atoms in total. The lowest BCUT2D eigenvalue weighted by atomic mass is 10.0. The number of alkyl halides is 4. The maximum absolute atomic E-state index is 13.4. The summed E-state index contributed by atoms with van der Waals surface area (Å²) >= 11 is 0. The summed E-state index contributed by atoms with van der Waals surface area (Å²) in [6.07, 6.45) is 4.44. The van der Waals surface area contributed by atoms with Crippen molar-refractivity contribution in [1.29, 1.82) is 0 Å². The van der Waals surface area contributed by atoms with Gasteiger partial charge in [0.1, 0.15) is 0 Å². The third-order valence-electron chi connectivity index (χ3n) is 4.95. The molecule has 1 fully saturated rings. The molecule has 0 saturated carbocycles. The van der Waals surface area contributed by atoms with Gasteiger partial charge in [0.2, 0.25) is 0 Å². The van der Waals surface area contributed by atoms with E-state index in [9.17, 15) is 17.6 Å². The second-order valence-electron chi connectivity index (χ2n) is 7.18. The average molecular weight is 389 g/mol. The van der Waals surface area contributed by atoms with E-state index in [1.807, 2.05) is 18.2 Å². The molecule has 0 spiro atoms. The molecule has 0 N–H and O–H groups in total. The normalized spacial score (nSPS) is 17.2. The van der Waals surface area contributed by atoms with Crippen LogP contribution in [0.15, 0.2) is 48.5 Å². The molecule has 2 aromatic rings. The van der Waals surface area contributed by atoms with Gasteiger partial charge >= 0.3 is 11.8 Å². The van der Waals surface area contributed by atoms with E-state index in [1.165, 1.54) is 12.0 Å². The van der Waals surface area contributed by atoms with Crippen LogP contribution in [0.25, 0.3) is 0 Å². The van der Waals surface area contributed by atoms with Crippen LogP contribution in [0, 0.1) is 11.8 Å². The van der Waals surface area contributed by atoms with E-state index in [0.717, 1.165) is 29.7 Å². The number of unbranched alkanes of at least 4 members (excludes halogenated alkanes) is 2. The summed E-state index contributed by atoms with van der Waals surface area (Å²) in [5.74, 6) is -1.77. The molecule has 28 heavy (non-hydrogen) atoms. The summed E-state index contributed by atoms with van der Waals surface area (Å²) in [5.41, 5.74) is 3.25. The van der Waals surface area contributed by atoms with Gasteiger partial charge in [-0.15, -0.1) is 0 Å². The standard InChI is InChI=1S/C23H23F4N/c1-2-3-4-7-19-8-5-6-9-20(19)13-10-18-11-14-21(15-12-18)28-16-22(24,25)23(26,27)17-28/h5-6,8-9,11-12,14-15H,2-4,7,16-17H2,1H3. The van der Waals surface area contributed by atoms with Crippen LogP contribution in [0.3, 0.4) is 0 Å². The molecule has 148 valence electrons. The Kier molecular flexibility index (Phi) is 5.98. The van der Waals surface area contributed by atoms with Crippen molar-refractivity contribution in [2.75, 3.05) is 18.0 Å². The van der Waals surface area contributed by atoms with E-state index in [4.69, 9.17) is 0 Å². The quantitative estimate of drug-likeness (QED) is 0.349. The van der Waals surface area contributed by atoms with Crippen molar-refractivity contribution in [2.45, 2.75) is 44.5 Å². The van der Waals surface area contributed by atoms with Crippen molar-refractivity contribution in [2.24, 2.45) is 0 Å². The molecule has 1 heterocycles. The van der Waals surface area contributed by atoms with E-state index >= 15 is 0 Å². The summed E-state index contributed by atoms with van der Waals surface area (Å²) in [7, 11) is 0. The first-order chi connectivity index (χ1) is 13.3. The number of halogens is 4. The molecule has 0 amide bonds. The molecule has 1 aliphatic rings. The molecule has 0 aliphatic carbocycles. The van der Waals surface area contributed by atoms with E-state index < -0.39 is 24.9 Å². The number of benzene rings is 2. The maximum atomic E-state index is 13.4. The molecule has 1 aliphatic heterocycles. The summed E-state index contributed by atoms with van der Waals surface area (Å²) in [5, 5.41) is 0. The van der Waals surface area contributed by atoms with Crippen LogP contribution < -0.4 is 4.90 Å². The van der Waals surface area contributed by atoms with Gasteiger partial charge in [-0.1, -0.05) is 49.8 Å². The zero-order chi connectivity index (χ0) is 20.2. The van der Waals surface area contributed by atoms with Crippen LogP contribution in [0.5, 0.6) is 0 Å². The molecule has 2 aromatic carbocycles. The van der Waals surface area contributed by atoms with Gasteiger partial charge in [0.15, 0.2) is 0 Å². The highest BCUT2D eigenvalue weighted by Gasteiger charge is 2.62. The molecule has 3 rings (SSSR count). The zero-order valence-electron chi connectivity index (χ0n) is 15.8. The first kappa shape index (κ1) is 20.3. The molecule has 0 atom stereocenters. The number of aryl methyl sites for hydroxylation is 1. The van der Waals surface area contributed by atoms with Crippen molar-refractivity contribution in [3.05, 3.63) is 65.2 Å². The average Bonchev–Trinajstić information content (AvgIpc) is 2.89. The Balaban J connectivity index is 1.72. The van der Waals surface area contributed by atoms with Gasteiger partial charge in [0.25, 0.3) is 0 Å². The highest BCUT2D eigenvalue weighted by Crippen LogP contribution is 2.42. The summed E-state index contributed by atoms with van der Waals surface area (Å²) in [4.78, 5) is 1.01. The largest absolute Gasteiger partial charge is 0.359 e. The van der Waals surface area contributed by atoms with Gasteiger partial charge in [-0.3, -0.25) is 0 Å². The summed E-state index contributed by atoms with van der Waals surface area (Å²) < 4.78 is 53.5. The lowest BCUT2D eigenvalue weighted by molar-refractivity contribution is -0.172. The summed E-state index contributed by atoms with van der Waals surface area (Å²) in [6, 6.07) is 14.5. The topological polar surface area (TPSA) is 3.24 Å². The monoisotopic (exact) mass is 389 g/mol. The van der Waals surface area contributed by atoms with Crippen molar-refractivity contribution in [3.63, 3.8) is 0 Å². The molecule has 5 heteroatoms. The minimum Gasteiger partial charge on any atom is -0.359 e. The van der Waals surface area contributed by atoms with E-state index in [2.05, 4.69) is 24.8 Å². The van der Waals surface area contributed by atoms with E-state index in [-0.39, 0.29) is 0 Å². The van der Waals surface area contributed by atoms with Crippen LogP contribution in [0.2, 0.25) is 0 Å². The number of hydrogen-bond donors (Lipinski definition) is 0. The third kappa shape index (κ3) is 4.49. The van der Waals surface area contributed by atoms with Gasteiger partial charge in [0, 0.05) is 16.8 Å². The van der Waals surface area contributed by atoms with Crippen molar-refractivity contribution in [1.82, 2.24) is 0 Å². The molecular formula is C23H23F4N. The van der Waals surface area contributed by atoms with Crippen molar-refractivity contribution >= 4 is 5.69 Å². The lowest BCUT2D eigenvalue weighted by Crippen LogP contribution is -2.38. The Morgan fingerprint density at radius 1 is 0.857 bits per heavy atom. The van der Waals surface area contributed by atoms with Gasteiger partial charge in [0.05, 0.1) is 13.1 Å². The third-order valence-corrected chi connectivity index (χ3v) is 4.95. The predicted octanol–water partition coefficient (Wildman–Crippen LogP) is 5.91. The van der Waals surface area contributed by atoms with Crippen LogP contribution in [-0.2, 0) is 6.42 Å². The van der Waals surface area contributed by atoms with Crippen LogP contribution in [0.4, 0.5) is 23.2 Å². The SMILES string of the molecule is CCCCCc1ccccc1C#Cc1ccc(N2CC(F)(F)C(F)(F)C2)cc1. The second-order valence-corrected chi connectivity index (χ2v) is 7.18. The Labute approximate surface area is 163 Å². The Morgan fingerprint density at radius 2 is 1.50 bits per heavy atom. The lowest BCUT2D eigenvalue weighted by Gasteiger charge is -2.16. The van der Waals surface area contributed by atoms with Gasteiger partial charge in [-0.2, -0.15) is 17.6 Å². The fraction of sp³-hybridized carbons (Fsp3) is 0.391. The highest BCUT2D eigenvalue weighted by molar-refractivity contribution is 5.54. The first-order valence-corrected chi connectivity index (χ1v) is 9.53. The number of nitrogens with zero attached hydrogens (tertiary/aromatic N) is 1. The smallest absolute Gasteiger partial charge is 0.329 e. The minimum absolute atomic E-state index is 0.349. The van der Waals surface area contributed by atoms with Crippen molar-refractivity contribution in [3.8, 4) is 11.8 Å². The predicted molar refractivity (Wildman–Crippen MR) is 104 cm³/mol. The Hall–Kier alpha value is -2.48. The first-order valence-electron chi connectivity index (χ1n) is 9.53. The minimum atomic E-state index is -4.01. The molecule has 0 radical (unpaired) electrons. The number of hydrogen-bond acceptors (Lipinski definition) is 1. The van der Waals surface area contributed by atoms with E-state index in [0.29, 0.717) is 11.3 Å². The summed E-state index contributed by atoms with van der Waals surface area (Å²) in [6.45, 7) is 0.214. The van der Waals surface area contributed by atoms with Crippen LogP contribution in [0.1, 0.15) is 42.9 Å². The molecule has 0 bridgehead atoms. The van der Waals surface area contributed by atoms with Crippen LogP contribution in [-0.4, -0.2) is 24.9 Å².